The minimum atomic E-state index is 0.196. The quantitative estimate of drug-likeness (QED) is 0.611. The Labute approximate surface area is 144 Å². The van der Waals surface area contributed by atoms with Gasteiger partial charge in [0.25, 0.3) is 0 Å². The van der Waals surface area contributed by atoms with Crippen molar-refractivity contribution in [2.24, 2.45) is 5.92 Å². The third-order valence-electron chi connectivity index (χ3n) is 4.55. The molecular weight excluding hydrogens is 318 g/mol. The molecule has 0 amide bonds. The summed E-state index contributed by atoms with van der Waals surface area (Å²) in [4.78, 5) is 9.14. The van der Waals surface area contributed by atoms with Crippen molar-refractivity contribution in [3.8, 4) is 5.75 Å². The van der Waals surface area contributed by atoms with E-state index >= 15 is 0 Å². The Bertz CT molecular complexity index is 1010. The summed E-state index contributed by atoms with van der Waals surface area (Å²) < 4.78 is 6.95. The summed E-state index contributed by atoms with van der Waals surface area (Å²) >= 11 is 0. The fourth-order valence-corrected chi connectivity index (χ4v) is 3.24. The minimum absolute atomic E-state index is 0.196. The van der Waals surface area contributed by atoms with E-state index in [2.05, 4.69) is 15.4 Å². The molecule has 1 saturated carbocycles. The zero-order valence-corrected chi connectivity index (χ0v) is 14.0. The van der Waals surface area contributed by atoms with Crippen molar-refractivity contribution in [3.63, 3.8) is 0 Å². The molecule has 0 radical (unpaired) electrons. The Morgan fingerprint density at radius 3 is 3.00 bits per heavy atom. The zero-order valence-electron chi connectivity index (χ0n) is 14.0. The minimum Gasteiger partial charge on any atom is -0.494 e. The number of benzene rings is 1. The molecule has 0 aliphatic heterocycles. The van der Waals surface area contributed by atoms with Crippen molar-refractivity contribution in [1.29, 1.82) is 5.41 Å². The molecule has 25 heavy (non-hydrogen) atoms. The van der Waals surface area contributed by atoms with Crippen molar-refractivity contribution in [2.75, 3.05) is 19.9 Å². The van der Waals surface area contributed by atoms with Crippen LogP contribution in [-0.4, -0.2) is 40.0 Å². The highest BCUT2D eigenvalue weighted by molar-refractivity contribution is 5.95. The van der Waals surface area contributed by atoms with Crippen LogP contribution in [0.2, 0.25) is 0 Å². The van der Waals surface area contributed by atoms with Gasteiger partial charge in [0.15, 0.2) is 11.5 Å². The second-order valence-electron chi connectivity index (χ2n) is 6.06. The number of nitrogen functional groups attached to an aromatic ring is 1. The van der Waals surface area contributed by atoms with E-state index in [-0.39, 0.29) is 17.8 Å². The van der Waals surface area contributed by atoms with Crippen molar-refractivity contribution >= 4 is 28.7 Å². The Hall–Kier alpha value is -3.16. The van der Waals surface area contributed by atoms with Crippen LogP contribution in [0.25, 0.3) is 16.6 Å². The van der Waals surface area contributed by atoms with E-state index in [0.29, 0.717) is 16.9 Å². The Morgan fingerprint density at radius 1 is 1.44 bits per heavy atom. The molecule has 1 aromatic carbocycles. The number of aromatic nitrogens is 4. The maximum Gasteiger partial charge on any atom is 0.223 e. The molecule has 8 heteroatoms. The van der Waals surface area contributed by atoms with Crippen LogP contribution in [0, 0.1) is 11.3 Å². The number of nitrogens with one attached hydrogen (secondary N) is 2. The molecule has 4 rings (SSSR count). The molecule has 2 atom stereocenters. The molecule has 0 bridgehead atoms. The molecule has 2 aromatic heterocycles. The van der Waals surface area contributed by atoms with Gasteiger partial charge in [0, 0.05) is 30.8 Å². The van der Waals surface area contributed by atoms with Crippen LogP contribution < -0.4 is 15.8 Å². The fraction of sp³-hybridized carbons (Fsp3) is 0.294. The summed E-state index contributed by atoms with van der Waals surface area (Å²) in [6.45, 7) is 0. The predicted octanol–water partition coefficient (Wildman–Crippen LogP) is 1.72. The van der Waals surface area contributed by atoms with Gasteiger partial charge in [-0.1, -0.05) is 6.07 Å². The molecular formula is C17H19N7O. The molecule has 2 heterocycles. The van der Waals surface area contributed by atoms with Crippen LogP contribution in [0.3, 0.4) is 0 Å². The molecule has 1 aliphatic rings. The maximum absolute atomic E-state index is 7.56. The molecule has 128 valence electrons. The topological polar surface area (TPSA) is 114 Å². The van der Waals surface area contributed by atoms with E-state index in [4.69, 9.17) is 20.9 Å². The summed E-state index contributed by atoms with van der Waals surface area (Å²) in [7, 11) is 3.43. The van der Waals surface area contributed by atoms with E-state index in [1.165, 1.54) is 6.21 Å². The third kappa shape index (κ3) is 2.37. The van der Waals surface area contributed by atoms with Crippen molar-refractivity contribution < 1.29 is 4.74 Å². The van der Waals surface area contributed by atoms with Gasteiger partial charge in [-0.2, -0.15) is 4.52 Å². The van der Waals surface area contributed by atoms with E-state index in [1.54, 1.807) is 11.6 Å². The van der Waals surface area contributed by atoms with Gasteiger partial charge in [-0.05, 0) is 30.0 Å². The number of methoxy groups -OCH3 is 1. The van der Waals surface area contributed by atoms with E-state index < -0.39 is 0 Å². The second kappa shape index (κ2) is 5.73. The number of anilines is 1. The van der Waals surface area contributed by atoms with Crippen LogP contribution in [0.4, 0.5) is 5.95 Å². The highest BCUT2D eigenvalue weighted by Gasteiger charge is 2.43. The number of nitrogens with zero attached hydrogens (tertiary/aromatic N) is 4. The first-order valence-electron chi connectivity index (χ1n) is 8.04. The first-order chi connectivity index (χ1) is 12.2. The Morgan fingerprint density at radius 2 is 2.28 bits per heavy atom. The summed E-state index contributed by atoms with van der Waals surface area (Å²) in [6, 6.07) is 5.68. The Balaban J connectivity index is 1.81. The lowest BCUT2D eigenvalue weighted by Crippen LogP contribution is -2.03. The lowest BCUT2D eigenvalue weighted by atomic mass is 10.1. The average molecular weight is 337 g/mol. The normalized spacial score (nSPS) is 20.0. The average Bonchev–Trinajstić information content (AvgIpc) is 3.28. The Kier molecular flexibility index (Phi) is 3.52. The molecule has 0 spiro atoms. The van der Waals surface area contributed by atoms with Gasteiger partial charge in [0.2, 0.25) is 5.95 Å². The van der Waals surface area contributed by atoms with Gasteiger partial charge < -0.3 is 21.2 Å². The molecule has 0 saturated heterocycles. The number of fused-ring (bicyclic) bond motifs is 3. The lowest BCUT2D eigenvalue weighted by molar-refractivity contribution is 0.419. The third-order valence-corrected chi connectivity index (χ3v) is 4.55. The monoisotopic (exact) mass is 337 g/mol. The maximum atomic E-state index is 7.56. The van der Waals surface area contributed by atoms with Crippen LogP contribution in [0.5, 0.6) is 5.75 Å². The number of rotatable bonds is 5. The molecule has 4 N–H and O–H groups in total. The second-order valence-corrected chi connectivity index (χ2v) is 6.06. The molecule has 2 unspecified atom stereocenters. The highest BCUT2D eigenvalue weighted by Crippen LogP contribution is 2.50. The molecule has 1 fully saturated rings. The van der Waals surface area contributed by atoms with Crippen molar-refractivity contribution in [2.45, 2.75) is 12.3 Å². The number of hydrogen-bond donors (Lipinski definition) is 3. The van der Waals surface area contributed by atoms with Gasteiger partial charge in [-0.3, -0.25) is 0 Å². The zero-order chi connectivity index (χ0) is 17.6. The first kappa shape index (κ1) is 15.4. The van der Waals surface area contributed by atoms with Crippen LogP contribution >= 0.6 is 0 Å². The smallest absolute Gasteiger partial charge is 0.223 e. The lowest BCUT2D eigenvalue weighted by Gasteiger charge is -2.06. The first-order valence-corrected chi connectivity index (χ1v) is 8.04. The van der Waals surface area contributed by atoms with E-state index in [1.807, 2.05) is 31.4 Å². The molecule has 8 nitrogen and oxygen atoms in total. The number of nitrogens with two attached hydrogens (primary N) is 1. The SMILES string of the molecule is CN/C=C(\C=N)C1CC1c1nc2c3cccc(OC)c3nc(N)n2n1. The summed E-state index contributed by atoms with van der Waals surface area (Å²) in [5.74, 6) is 2.13. The van der Waals surface area contributed by atoms with E-state index in [0.717, 1.165) is 23.2 Å². The van der Waals surface area contributed by atoms with Gasteiger partial charge in [-0.15, -0.1) is 5.10 Å². The fourth-order valence-electron chi connectivity index (χ4n) is 3.24. The highest BCUT2D eigenvalue weighted by atomic mass is 16.5. The molecule has 1 aliphatic carbocycles. The van der Waals surface area contributed by atoms with Crippen molar-refractivity contribution in [1.82, 2.24) is 24.9 Å². The predicted molar refractivity (Wildman–Crippen MR) is 96.0 cm³/mol. The number of ether oxygens (including phenoxy) is 1. The summed E-state index contributed by atoms with van der Waals surface area (Å²) in [6.07, 6.45) is 4.16. The number of allylic oxidation sites excluding steroid dienone is 1. The van der Waals surface area contributed by atoms with Gasteiger partial charge >= 0.3 is 0 Å². The van der Waals surface area contributed by atoms with E-state index in [9.17, 15) is 0 Å². The summed E-state index contributed by atoms with van der Waals surface area (Å²) in [5, 5.41) is 15.9. The van der Waals surface area contributed by atoms with Gasteiger partial charge in [0.1, 0.15) is 11.3 Å². The molecule has 3 aromatic rings. The van der Waals surface area contributed by atoms with Crippen LogP contribution in [0.15, 0.2) is 30.0 Å². The number of hydrogen-bond acceptors (Lipinski definition) is 7. The largest absolute Gasteiger partial charge is 0.494 e. The van der Waals surface area contributed by atoms with Crippen LogP contribution in [-0.2, 0) is 0 Å². The van der Waals surface area contributed by atoms with Crippen LogP contribution in [0.1, 0.15) is 18.2 Å². The van der Waals surface area contributed by atoms with Crippen molar-refractivity contribution in [3.05, 3.63) is 35.8 Å². The summed E-state index contributed by atoms with van der Waals surface area (Å²) in [5.41, 5.74) is 8.39. The standard InChI is InChI=1S/C17H19N7O/c1-20-8-9(7-18)11-6-12(11)15-22-16-10-4-3-5-13(25-2)14(10)21-17(19)24(16)23-15/h3-5,7-8,11-12,18,20H,6H2,1-2H3,(H2,19,21)/b9-8+,18-7?. The van der Waals surface area contributed by atoms with Gasteiger partial charge in [-0.25, -0.2) is 9.97 Å². The van der Waals surface area contributed by atoms with Gasteiger partial charge in [0.05, 0.1) is 7.11 Å². The number of para-hydroxylation sites is 1.